The van der Waals surface area contributed by atoms with Crippen molar-refractivity contribution < 1.29 is 4.74 Å². The molecule has 0 saturated heterocycles. The molecule has 2 heterocycles. The summed E-state index contributed by atoms with van der Waals surface area (Å²) in [7, 11) is 0. The molecule has 1 spiro atoms. The third kappa shape index (κ3) is 4.71. The molecule has 0 bridgehead atoms. The second-order valence-corrected chi connectivity index (χ2v) is 15.3. The summed E-state index contributed by atoms with van der Waals surface area (Å²) in [5, 5.41) is 2.50. The Hall–Kier alpha value is -7.17. The van der Waals surface area contributed by atoms with Crippen molar-refractivity contribution in [2.24, 2.45) is 0 Å². The lowest BCUT2D eigenvalue weighted by Gasteiger charge is -2.40. The van der Waals surface area contributed by atoms with Gasteiger partial charge in [0.15, 0.2) is 17.5 Å². The van der Waals surface area contributed by atoms with Gasteiger partial charge in [0.1, 0.15) is 11.5 Å². The molecule has 0 unspecified atom stereocenters. The molecule has 8 aromatic rings. The molecule has 12 rings (SSSR count). The highest BCUT2D eigenvalue weighted by Crippen LogP contribution is 2.63. The van der Waals surface area contributed by atoms with E-state index in [-0.39, 0.29) is 0 Å². The molecule has 1 aromatic heterocycles. The standard InChI is InChI=1S/C53H35N3O/c1-2-15-34(16-3-1)50-54-51(37-31-35-19-12-17-33-18-13-20-36(32-37)48(33)35)56-52(55-50)42-24-5-4-21-38(42)41-25-14-29-46-49(41)57-47-30-11-10-28-45(47)53(46)43-26-8-6-22-39(43)40-23-7-9-27-44(40)53/h2,4-17,19-32H,1,3,18H2. The summed E-state index contributed by atoms with van der Waals surface area (Å²) in [4.78, 5) is 15.7. The minimum atomic E-state index is -0.555. The van der Waals surface area contributed by atoms with E-state index in [0.717, 1.165) is 69.7 Å². The van der Waals surface area contributed by atoms with Gasteiger partial charge in [-0.05, 0) is 87.2 Å². The zero-order valence-corrected chi connectivity index (χ0v) is 31.1. The molecule has 268 valence electrons. The maximum atomic E-state index is 7.09. The fourth-order valence-corrected chi connectivity index (χ4v) is 9.82. The maximum absolute atomic E-state index is 7.09. The zero-order chi connectivity index (χ0) is 37.5. The Morgan fingerprint density at radius 3 is 1.96 bits per heavy atom. The normalized spacial score (nSPS) is 15.1. The Kier molecular flexibility index (Phi) is 7.00. The van der Waals surface area contributed by atoms with Crippen molar-refractivity contribution in [1.82, 2.24) is 15.0 Å². The Balaban J connectivity index is 1.09. The molecule has 4 nitrogen and oxygen atoms in total. The number of nitrogens with zero attached hydrogens (tertiary/aromatic N) is 3. The SMILES string of the molecule is C1=CC(c2nc(-c3cc4c5c(cccc5c3)CC=C4)nc(-c3ccccc3-c3cccc4c3Oc3ccccc3C43c4ccccc4-c4ccccc43)n2)=CCC1. The van der Waals surface area contributed by atoms with Crippen molar-refractivity contribution in [1.29, 1.82) is 0 Å². The van der Waals surface area contributed by atoms with Gasteiger partial charge in [0.2, 0.25) is 0 Å². The molecule has 57 heavy (non-hydrogen) atoms. The van der Waals surface area contributed by atoms with E-state index in [1.165, 1.54) is 44.2 Å². The fraction of sp³-hybridized carbons (Fsp3) is 0.0755. The first-order valence-corrected chi connectivity index (χ1v) is 19.8. The fourth-order valence-electron chi connectivity index (χ4n) is 9.82. The Labute approximate surface area is 331 Å². The summed E-state index contributed by atoms with van der Waals surface area (Å²) < 4.78 is 7.09. The monoisotopic (exact) mass is 729 g/mol. The number of para-hydroxylation sites is 2. The van der Waals surface area contributed by atoms with Crippen LogP contribution in [-0.2, 0) is 11.8 Å². The zero-order valence-electron chi connectivity index (χ0n) is 31.1. The van der Waals surface area contributed by atoms with Gasteiger partial charge in [-0.1, -0.05) is 158 Å². The molecular weight excluding hydrogens is 695 g/mol. The van der Waals surface area contributed by atoms with Crippen molar-refractivity contribution in [3.05, 3.63) is 209 Å². The quantitative estimate of drug-likeness (QED) is 0.181. The van der Waals surface area contributed by atoms with Crippen LogP contribution in [0.1, 0.15) is 52.0 Å². The molecule has 0 amide bonds. The van der Waals surface area contributed by atoms with Crippen LogP contribution in [0.3, 0.4) is 0 Å². The summed E-state index contributed by atoms with van der Waals surface area (Å²) in [6.45, 7) is 0. The molecule has 0 saturated carbocycles. The van der Waals surface area contributed by atoms with Gasteiger partial charge in [-0.3, -0.25) is 0 Å². The Bertz CT molecular complexity index is 3050. The number of benzene rings is 7. The molecule has 0 N–H and O–H groups in total. The lowest BCUT2D eigenvalue weighted by atomic mass is 9.65. The van der Waals surface area contributed by atoms with Gasteiger partial charge in [0.25, 0.3) is 0 Å². The topological polar surface area (TPSA) is 47.9 Å². The number of aromatic nitrogens is 3. The van der Waals surface area contributed by atoms with E-state index in [1.807, 2.05) is 0 Å². The van der Waals surface area contributed by atoms with E-state index < -0.39 is 5.41 Å². The summed E-state index contributed by atoms with van der Waals surface area (Å²) in [6, 6.07) is 52.4. The number of rotatable bonds is 4. The number of fused-ring (bicyclic) bond motifs is 9. The third-order valence-corrected chi connectivity index (χ3v) is 12.2. The first kappa shape index (κ1) is 32.1. The summed E-state index contributed by atoms with van der Waals surface area (Å²) in [5.41, 5.74) is 14.2. The van der Waals surface area contributed by atoms with Crippen molar-refractivity contribution in [2.45, 2.75) is 24.7 Å². The summed E-state index contributed by atoms with van der Waals surface area (Å²) in [5.74, 6) is 3.67. The minimum Gasteiger partial charge on any atom is -0.456 e. The van der Waals surface area contributed by atoms with Gasteiger partial charge in [0, 0.05) is 33.4 Å². The third-order valence-electron chi connectivity index (χ3n) is 12.2. The van der Waals surface area contributed by atoms with Crippen molar-refractivity contribution >= 4 is 22.4 Å². The molecule has 4 heteroatoms. The number of allylic oxidation sites excluding steroid dienone is 5. The van der Waals surface area contributed by atoms with Gasteiger partial charge < -0.3 is 4.74 Å². The van der Waals surface area contributed by atoms with Gasteiger partial charge in [-0.25, -0.2) is 15.0 Å². The van der Waals surface area contributed by atoms with E-state index in [0.29, 0.717) is 17.5 Å². The van der Waals surface area contributed by atoms with Gasteiger partial charge >= 0.3 is 0 Å². The molecule has 1 aliphatic heterocycles. The second kappa shape index (κ2) is 12.4. The van der Waals surface area contributed by atoms with E-state index >= 15 is 0 Å². The molecule has 0 radical (unpaired) electrons. The van der Waals surface area contributed by atoms with Crippen LogP contribution < -0.4 is 4.74 Å². The average Bonchev–Trinajstić information content (AvgIpc) is 3.57. The van der Waals surface area contributed by atoms with E-state index in [1.54, 1.807) is 0 Å². The predicted octanol–water partition coefficient (Wildman–Crippen LogP) is 12.8. The van der Waals surface area contributed by atoms with Gasteiger partial charge in [-0.2, -0.15) is 0 Å². The molecule has 0 fully saturated rings. The first-order valence-electron chi connectivity index (χ1n) is 19.8. The number of ether oxygens (including phenoxy) is 1. The predicted molar refractivity (Wildman–Crippen MR) is 230 cm³/mol. The minimum absolute atomic E-state index is 0.555. The Morgan fingerprint density at radius 1 is 0.491 bits per heavy atom. The van der Waals surface area contributed by atoms with Gasteiger partial charge in [0.05, 0.1) is 5.41 Å². The van der Waals surface area contributed by atoms with Crippen LogP contribution in [0, 0.1) is 0 Å². The number of hydrogen-bond donors (Lipinski definition) is 0. The van der Waals surface area contributed by atoms with Crippen LogP contribution in [0.25, 0.3) is 67.5 Å². The summed E-state index contributed by atoms with van der Waals surface area (Å²) >= 11 is 0. The largest absolute Gasteiger partial charge is 0.456 e. The van der Waals surface area contributed by atoms with E-state index in [2.05, 4.69) is 176 Å². The molecule has 0 atom stereocenters. The highest BCUT2D eigenvalue weighted by atomic mass is 16.5. The number of hydrogen-bond acceptors (Lipinski definition) is 4. The van der Waals surface area contributed by atoms with Gasteiger partial charge in [-0.15, -0.1) is 0 Å². The maximum Gasteiger partial charge on any atom is 0.164 e. The smallest absolute Gasteiger partial charge is 0.164 e. The summed E-state index contributed by atoms with van der Waals surface area (Å²) in [6.07, 6.45) is 14.0. The van der Waals surface area contributed by atoms with Crippen LogP contribution in [0.2, 0.25) is 0 Å². The van der Waals surface area contributed by atoms with Crippen molar-refractivity contribution in [3.8, 4) is 56.5 Å². The van der Waals surface area contributed by atoms with Crippen LogP contribution >= 0.6 is 0 Å². The van der Waals surface area contributed by atoms with E-state index in [9.17, 15) is 0 Å². The lowest BCUT2D eigenvalue weighted by Crippen LogP contribution is -2.32. The molecule has 3 aliphatic carbocycles. The van der Waals surface area contributed by atoms with Crippen LogP contribution in [0.5, 0.6) is 11.5 Å². The van der Waals surface area contributed by atoms with Crippen LogP contribution in [-0.4, -0.2) is 15.0 Å². The average molecular weight is 730 g/mol. The molecule has 7 aromatic carbocycles. The molecular formula is C53H35N3O. The Morgan fingerprint density at radius 2 is 1.16 bits per heavy atom. The first-order chi connectivity index (χ1) is 28.3. The van der Waals surface area contributed by atoms with Crippen molar-refractivity contribution in [2.75, 3.05) is 0 Å². The van der Waals surface area contributed by atoms with E-state index in [4.69, 9.17) is 19.7 Å². The van der Waals surface area contributed by atoms with Crippen LogP contribution in [0.4, 0.5) is 0 Å². The van der Waals surface area contributed by atoms with Crippen molar-refractivity contribution in [3.63, 3.8) is 0 Å². The van der Waals surface area contributed by atoms with Crippen LogP contribution in [0.15, 0.2) is 170 Å². The lowest BCUT2D eigenvalue weighted by molar-refractivity contribution is 0.438. The second-order valence-electron chi connectivity index (χ2n) is 15.3. The highest BCUT2D eigenvalue weighted by Gasteiger charge is 2.51. The molecule has 4 aliphatic rings. The highest BCUT2D eigenvalue weighted by molar-refractivity contribution is 5.98.